The van der Waals surface area contributed by atoms with E-state index in [2.05, 4.69) is 61.5 Å². The van der Waals surface area contributed by atoms with E-state index in [1.807, 2.05) is 13.1 Å². The van der Waals surface area contributed by atoms with Crippen molar-refractivity contribution in [2.45, 2.75) is 144 Å². The molecule has 0 saturated heterocycles. The maximum atomic E-state index is 12.7. The monoisotopic (exact) mass is 586 g/mol. The Morgan fingerprint density at radius 3 is 2.37 bits per heavy atom. The molecular formula is C35H58O5Si. The predicted molar refractivity (Wildman–Crippen MR) is 168 cm³/mol. The van der Waals surface area contributed by atoms with Gasteiger partial charge in [0.25, 0.3) is 8.32 Å². The number of carboxylic acids is 1. The van der Waals surface area contributed by atoms with E-state index in [0.29, 0.717) is 29.1 Å². The van der Waals surface area contributed by atoms with Gasteiger partial charge in [0.15, 0.2) is 5.92 Å². The zero-order valence-electron chi connectivity index (χ0n) is 27.7. The van der Waals surface area contributed by atoms with Crippen LogP contribution in [0.2, 0.25) is 18.1 Å². The standard InChI is InChI=1S/C35H58O5Si/c1-23(13-11-14-25(30(36)37)31(38)39-40-41(9,10)32(2,3)4)26-16-17-27-24-15-18-29-33(5,6)20-12-21-35(29,8)28(24)19-22-34(26,27)7/h17,23,25-26,29H,11-16,18-22H2,1-10H3,(H,36,37)/t23-,25?,26-,29+,34-,35-/m1/s1. The SMILES string of the molecule is C[C@H](CCCC(C(=O)O)C(=O)OO[Si](C)(C)C(C)(C)C)[C@H]1CC=C2C3=C(CC[C@@]21C)[C@@]1(C)CCCC(C)(C)[C@@H]1CC3. The molecule has 5 nitrogen and oxygen atoms in total. The molecule has 232 valence electrons. The Hall–Kier alpha value is -1.40. The molecule has 1 fully saturated rings. The number of hydrogen-bond acceptors (Lipinski definition) is 4. The highest BCUT2D eigenvalue weighted by Crippen LogP contribution is 2.66. The normalized spacial score (nSPS) is 32.8. The van der Waals surface area contributed by atoms with Crippen LogP contribution in [0.4, 0.5) is 0 Å². The molecule has 0 heterocycles. The molecule has 0 bridgehead atoms. The van der Waals surface area contributed by atoms with Gasteiger partial charge in [-0.2, -0.15) is 0 Å². The second kappa shape index (κ2) is 11.3. The smallest absolute Gasteiger partial charge is 0.355 e. The maximum Gasteiger partial charge on any atom is 0.355 e. The minimum atomic E-state index is -2.32. The zero-order chi connectivity index (χ0) is 30.6. The molecular weight excluding hydrogens is 528 g/mol. The van der Waals surface area contributed by atoms with E-state index in [-0.39, 0.29) is 16.9 Å². The summed E-state index contributed by atoms with van der Waals surface area (Å²) in [6, 6.07) is 0. The van der Waals surface area contributed by atoms with Gasteiger partial charge in [-0.3, -0.25) is 4.79 Å². The first-order chi connectivity index (χ1) is 18.8. The van der Waals surface area contributed by atoms with E-state index in [9.17, 15) is 14.7 Å². The fourth-order valence-corrected chi connectivity index (χ4v) is 9.74. The van der Waals surface area contributed by atoms with Crippen LogP contribution in [0.25, 0.3) is 0 Å². The van der Waals surface area contributed by atoms with Crippen LogP contribution in [0.3, 0.4) is 0 Å². The second-order valence-electron chi connectivity index (χ2n) is 16.7. The lowest BCUT2D eigenvalue weighted by Gasteiger charge is -2.58. The summed E-state index contributed by atoms with van der Waals surface area (Å²) in [4.78, 5) is 29.8. The molecule has 0 aromatic heterocycles. The molecule has 41 heavy (non-hydrogen) atoms. The van der Waals surface area contributed by atoms with Crippen LogP contribution in [-0.2, 0) is 19.1 Å². The fourth-order valence-electron chi connectivity index (χ4n) is 9.20. The second-order valence-corrected chi connectivity index (χ2v) is 21.4. The Balaban J connectivity index is 1.38. The van der Waals surface area contributed by atoms with E-state index in [0.717, 1.165) is 18.8 Å². The quantitative estimate of drug-likeness (QED) is 0.126. The van der Waals surface area contributed by atoms with E-state index in [4.69, 9.17) is 9.46 Å². The molecule has 0 aromatic rings. The highest BCUT2D eigenvalue weighted by Gasteiger charge is 2.55. The first-order valence-electron chi connectivity index (χ1n) is 16.4. The van der Waals surface area contributed by atoms with Gasteiger partial charge in [-0.1, -0.05) is 86.3 Å². The van der Waals surface area contributed by atoms with E-state index in [1.54, 1.807) is 16.7 Å². The van der Waals surface area contributed by atoms with Crippen molar-refractivity contribution >= 4 is 20.3 Å². The third-order valence-electron chi connectivity index (χ3n) is 12.8. The molecule has 6 heteroatoms. The van der Waals surface area contributed by atoms with Crippen LogP contribution in [-0.4, -0.2) is 25.4 Å². The summed E-state index contributed by atoms with van der Waals surface area (Å²) >= 11 is 0. The molecule has 4 aliphatic rings. The van der Waals surface area contributed by atoms with Gasteiger partial charge >= 0.3 is 11.9 Å². The number of carboxylic acid groups (broad SMARTS) is 1. The van der Waals surface area contributed by atoms with Gasteiger partial charge in [-0.15, -0.1) is 0 Å². The van der Waals surface area contributed by atoms with Gasteiger partial charge in [-0.05, 0) is 115 Å². The van der Waals surface area contributed by atoms with Crippen molar-refractivity contribution in [3.63, 3.8) is 0 Å². The summed E-state index contributed by atoms with van der Waals surface area (Å²) in [7, 11) is -2.32. The minimum absolute atomic E-state index is 0.133. The summed E-state index contributed by atoms with van der Waals surface area (Å²) in [6.07, 6.45) is 14.7. The van der Waals surface area contributed by atoms with Gasteiger partial charge < -0.3 is 9.99 Å². The molecule has 6 atom stereocenters. The molecule has 4 aliphatic carbocycles. The third-order valence-corrected chi connectivity index (χ3v) is 16.9. The summed E-state index contributed by atoms with van der Waals surface area (Å²) in [6.45, 7) is 22.6. The number of aliphatic carboxylic acids is 1. The molecule has 1 saturated carbocycles. The summed E-state index contributed by atoms with van der Waals surface area (Å²) < 4.78 is 5.58. The lowest BCUT2D eigenvalue weighted by Crippen LogP contribution is -2.47. The van der Waals surface area contributed by atoms with E-state index in [1.165, 1.54) is 44.9 Å². The summed E-state index contributed by atoms with van der Waals surface area (Å²) in [5, 5.41) is 9.66. The van der Waals surface area contributed by atoms with Crippen molar-refractivity contribution in [1.82, 2.24) is 0 Å². The maximum absolute atomic E-state index is 12.7. The number of hydrogen-bond donors (Lipinski definition) is 1. The summed E-state index contributed by atoms with van der Waals surface area (Å²) in [5.74, 6) is -1.25. The Morgan fingerprint density at radius 2 is 1.73 bits per heavy atom. The first-order valence-corrected chi connectivity index (χ1v) is 19.3. The van der Waals surface area contributed by atoms with E-state index < -0.39 is 26.2 Å². The lowest BCUT2D eigenvalue weighted by molar-refractivity contribution is -0.227. The Bertz CT molecular complexity index is 1090. The van der Waals surface area contributed by atoms with Gasteiger partial charge in [0.1, 0.15) is 0 Å². The average Bonchev–Trinajstić information content (AvgIpc) is 3.21. The molecule has 4 rings (SSSR count). The minimum Gasteiger partial charge on any atom is -0.481 e. The Kier molecular flexibility index (Phi) is 8.93. The van der Waals surface area contributed by atoms with E-state index >= 15 is 0 Å². The number of carbonyl (C=O) groups is 2. The molecule has 1 unspecified atom stereocenters. The first kappa shape index (κ1) is 32.5. The number of carbonyl (C=O) groups excluding carboxylic acids is 1. The van der Waals surface area contributed by atoms with Crippen molar-refractivity contribution in [1.29, 1.82) is 0 Å². The third kappa shape index (κ3) is 5.90. The van der Waals surface area contributed by atoms with Crippen LogP contribution < -0.4 is 0 Å². The molecule has 0 amide bonds. The lowest BCUT2D eigenvalue weighted by atomic mass is 9.47. The van der Waals surface area contributed by atoms with Crippen LogP contribution in [0.5, 0.6) is 0 Å². The van der Waals surface area contributed by atoms with Crippen LogP contribution in [0.15, 0.2) is 22.8 Å². The van der Waals surface area contributed by atoms with Crippen molar-refractivity contribution in [3.05, 3.63) is 22.8 Å². The number of fused-ring (bicyclic) bond motifs is 4. The molecule has 1 N–H and O–H groups in total. The van der Waals surface area contributed by atoms with Gasteiger partial charge in [-0.25, -0.2) is 9.37 Å². The van der Waals surface area contributed by atoms with Gasteiger partial charge in [0.05, 0.1) is 0 Å². The highest BCUT2D eigenvalue weighted by atomic mass is 28.4. The van der Waals surface area contributed by atoms with Crippen molar-refractivity contribution in [2.24, 2.45) is 39.9 Å². The molecule has 0 radical (unpaired) electrons. The Labute approximate surface area is 251 Å². The van der Waals surface area contributed by atoms with Gasteiger partial charge in [0, 0.05) is 0 Å². The van der Waals surface area contributed by atoms with Crippen molar-refractivity contribution in [2.75, 3.05) is 0 Å². The van der Waals surface area contributed by atoms with Crippen LogP contribution in [0.1, 0.15) is 126 Å². The van der Waals surface area contributed by atoms with Crippen molar-refractivity contribution < 1.29 is 24.2 Å². The predicted octanol–water partition coefficient (Wildman–Crippen LogP) is 9.64. The molecule has 0 aromatic carbocycles. The molecule has 0 spiro atoms. The largest absolute Gasteiger partial charge is 0.481 e. The number of allylic oxidation sites excluding steroid dienone is 4. The van der Waals surface area contributed by atoms with Crippen molar-refractivity contribution in [3.8, 4) is 0 Å². The van der Waals surface area contributed by atoms with Crippen LogP contribution >= 0.6 is 0 Å². The number of rotatable bonds is 9. The zero-order valence-corrected chi connectivity index (χ0v) is 28.7. The highest BCUT2D eigenvalue weighted by molar-refractivity contribution is 6.73. The topological polar surface area (TPSA) is 72.8 Å². The Morgan fingerprint density at radius 1 is 1.05 bits per heavy atom. The molecule has 0 aliphatic heterocycles. The fraction of sp³-hybridized carbons (Fsp3) is 0.829. The summed E-state index contributed by atoms with van der Waals surface area (Å²) in [5.41, 5.74) is 6.14. The van der Waals surface area contributed by atoms with Crippen LogP contribution in [0, 0.1) is 39.9 Å². The average molecular weight is 587 g/mol. The van der Waals surface area contributed by atoms with Gasteiger partial charge in [0.2, 0.25) is 0 Å².